The van der Waals surface area contributed by atoms with E-state index in [9.17, 15) is 23.7 Å². The Kier molecular flexibility index (Phi) is 8.43. The number of amides is 3. The van der Waals surface area contributed by atoms with Gasteiger partial charge in [0.2, 0.25) is 5.91 Å². The van der Waals surface area contributed by atoms with E-state index in [0.717, 1.165) is 5.56 Å². The third-order valence-corrected chi connectivity index (χ3v) is 7.58. The highest BCUT2D eigenvalue weighted by Crippen LogP contribution is 2.31. The van der Waals surface area contributed by atoms with E-state index in [1.165, 1.54) is 9.80 Å². The predicted octanol–water partition coefficient (Wildman–Crippen LogP) is 3.01. The molecule has 0 bridgehead atoms. The number of imide groups is 1. The minimum atomic E-state index is -2.46. The first kappa shape index (κ1) is 26.6. The van der Waals surface area contributed by atoms with Crippen LogP contribution >= 0.6 is 8.18 Å². The van der Waals surface area contributed by atoms with E-state index >= 15 is 0 Å². The number of aliphatic carboxylic acids is 1. The van der Waals surface area contributed by atoms with E-state index in [1.807, 2.05) is 30.3 Å². The van der Waals surface area contributed by atoms with Crippen molar-refractivity contribution in [1.82, 2.24) is 14.9 Å². The standard InChI is InChI=1S/C26H28N3O7P/c1-17(36-37(35)27-22-12-7-13-28(26(22)34)16-23(30)31)14-19(15-18-8-3-2-4-9-18)29-24(32)20-10-5-6-11-21(20)25(29)33/h2-6,8-11,17,19,22H,7,12-16H2,1H3,(H-,27,30,31,35)/p+1. The molecular formula is C26H29N3O7P+. The molecule has 0 aromatic heterocycles. The van der Waals surface area contributed by atoms with Crippen molar-refractivity contribution < 1.29 is 33.4 Å². The fourth-order valence-electron chi connectivity index (χ4n) is 4.83. The summed E-state index contributed by atoms with van der Waals surface area (Å²) in [5, 5.41) is 11.7. The van der Waals surface area contributed by atoms with Gasteiger partial charge in [-0.15, -0.1) is 4.52 Å². The van der Waals surface area contributed by atoms with Crippen molar-refractivity contribution in [1.29, 1.82) is 0 Å². The fourth-order valence-corrected chi connectivity index (χ4v) is 5.80. The third kappa shape index (κ3) is 6.28. The number of fused-ring (bicyclic) bond motifs is 1. The van der Waals surface area contributed by atoms with Gasteiger partial charge < -0.3 is 10.0 Å². The van der Waals surface area contributed by atoms with Gasteiger partial charge in [0, 0.05) is 12.6 Å². The lowest BCUT2D eigenvalue weighted by Crippen LogP contribution is -2.50. The van der Waals surface area contributed by atoms with Gasteiger partial charge in [0.15, 0.2) is 0 Å². The van der Waals surface area contributed by atoms with Crippen molar-refractivity contribution >= 4 is 31.9 Å². The molecule has 2 aromatic carbocycles. The monoisotopic (exact) mass is 526 g/mol. The van der Waals surface area contributed by atoms with Crippen molar-refractivity contribution in [3.05, 3.63) is 71.3 Å². The van der Waals surface area contributed by atoms with Crippen LogP contribution in [0, 0.1) is 0 Å². The number of nitrogens with one attached hydrogen (secondary N) is 1. The van der Waals surface area contributed by atoms with Gasteiger partial charge in [-0.05, 0) is 54.9 Å². The van der Waals surface area contributed by atoms with Crippen LogP contribution in [-0.2, 0) is 25.1 Å². The molecule has 0 radical (unpaired) electrons. The average molecular weight is 527 g/mol. The van der Waals surface area contributed by atoms with Crippen LogP contribution in [0.25, 0.3) is 0 Å². The topological polar surface area (TPSA) is 133 Å². The number of carboxylic acid groups (broad SMARTS) is 1. The second kappa shape index (κ2) is 11.7. The quantitative estimate of drug-likeness (QED) is 0.337. The molecule has 4 rings (SSSR count). The molecular weight excluding hydrogens is 497 g/mol. The first-order valence-corrected chi connectivity index (χ1v) is 13.3. The maximum absolute atomic E-state index is 13.2. The Morgan fingerprint density at radius 2 is 1.70 bits per heavy atom. The molecule has 0 aliphatic carbocycles. The zero-order valence-corrected chi connectivity index (χ0v) is 21.3. The summed E-state index contributed by atoms with van der Waals surface area (Å²) in [6, 6.07) is 14.8. The first-order chi connectivity index (χ1) is 17.7. The second-order valence-electron chi connectivity index (χ2n) is 9.26. The number of hydrogen-bond acceptors (Lipinski definition) is 6. The van der Waals surface area contributed by atoms with Crippen LogP contribution in [0.15, 0.2) is 54.6 Å². The van der Waals surface area contributed by atoms with E-state index in [2.05, 4.69) is 5.09 Å². The molecule has 2 N–H and O–H groups in total. The molecule has 194 valence electrons. The van der Waals surface area contributed by atoms with Gasteiger partial charge in [0.1, 0.15) is 18.7 Å². The molecule has 37 heavy (non-hydrogen) atoms. The lowest BCUT2D eigenvalue weighted by molar-refractivity contribution is -0.146. The zero-order valence-electron chi connectivity index (χ0n) is 20.4. The zero-order chi connectivity index (χ0) is 26.5. The molecule has 2 aliphatic rings. The maximum atomic E-state index is 13.2. The number of benzene rings is 2. The van der Waals surface area contributed by atoms with Crippen molar-refractivity contribution in [3.8, 4) is 0 Å². The summed E-state index contributed by atoms with van der Waals surface area (Å²) >= 11 is 0. The molecule has 4 unspecified atom stereocenters. The van der Waals surface area contributed by atoms with Crippen LogP contribution in [0.2, 0.25) is 0 Å². The minimum Gasteiger partial charge on any atom is -0.480 e. The number of piperidine rings is 1. The molecule has 2 aliphatic heterocycles. The van der Waals surface area contributed by atoms with Crippen LogP contribution in [0.5, 0.6) is 0 Å². The lowest BCUT2D eigenvalue weighted by Gasteiger charge is -2.29. The fraction of sp³-hybridized carbons (Fsp3) is 0.385. The number of carbonyl (C=O) groups excluding carboxylic acids is 3. The van der Waals surface area contributed by atoms with Crippen LogP contribution < -0.4 is 5.09 Å². The summed E-state index contributed by atoms with van der Waals surface area (Å²) in [5.41, 5.74) is 1.65. The lowest BCUT2D eigenvalue weighted by atomic mass is 9.99. The highest BCUT2D eigenvalue weighted by atomic mass is 31.1. The van der Waals surface area contributed by atoms with E-state index in [4.69, 9.17) is 9.63 Å². The number of rotatable bonds is 11. The molecule has 1 saturated heterocycles. The predicted molar refractivity (Wildman–Crippen MR) is 134 cm³/mol. The third-order valence-electron chi connectivity index (χ3n) is 6.50. The summed E-state index contributed by atoms with van der Waals surface area (Å²) in [7, 11) is -2.46. The molecule has 2 heterocycles. The Bertz CT molecular complexity index is 1170. The van der Waals surface area contributed by atoms with E-state index in [0.29, 0.717) is 36.9 Å². The van der Waals surface area contributed by atoms with Gasteiger partial charge in [-0.2, -0.15) is 0 Å². The number of carboxylic acids is 1. The van der Waals surface area contributed by atoms with Gasteiger partial charge in [0.25, 0.3) is 11.8 Å². The van der Waals surface area contributed by atoms with Crippen molar-refractivity contribution in [2.24, 2.45) is 0 Å². The smallest absolute Gasteiger partial charge is 0.480 e. The van der Waals surface area contributed by atoms with Crippen molar-refractivity contribution in [3.63, 3.8) is 0 Å². The van der Waals surface area contributed by atoms with Crippen molar-refractivity contribution in [2.45, 2.75) is 50.8 Å². The van der Waals surface area contributed by atoms with Gasteiger partial charge in [-0.25, -0.2) is 0 Å². The summed E-state index contributed by atoms with van der Waals surface area (Å²) in [4.78, 5) is 52.3. The first-order valence-electron chi connectivity index (χ1n) is 12.2. The molecule has 4 atom stereocenters. The minimum absolute atomic E-state index is 0.229. The Morgan fingerprint density at radius 1 is 1.08 bits per heavy atom. The van der Waals surface area contributed by atoms with Gasteiger partial charge in [0.05, 0.1) is 11.1 Å². The van der Waals surface area contributed by atoms with Gasteiger partial charge in [-0.1, -0.05) is 47.6 Å². The highest BCUT2D eigenvalue weighted by Gasteiger charge is 2.42. The molecule has 2 aromatic rings. The van der Waals surface area contributed by atoms with Crippen LogP contribution in [0.4, 0.5) is 0 Å². The van der Waals surface area contributed by atoms with Crippen LogP contribution in [-0.4, -0.2) is 69.9 Å². The molecule has 1 fully saturated rings. The van der Waals surface area contributed by atoms with E-state index in [1.54, 1.807) is 31.2 Å². The number of likely N-dealkylation sites (tertiary alicyclic amines) is 1. The SMILES string of the molecule is CC(CC(Cc1ccccc1)N1C(=O)c2ccccc2C1=O)O[P+](=O)NC1CCCN(CC(=O)O)C1=O. The Labute approximate surface area is 215 Å². The highest BCUT2D eigenvalue weighted by molar-refractivity contribution is 7.36. The summed E-state index contributed by atoms with van der Waals surface area (Å²) < 4.78 is 18.4. The van der Waals surface area contributed by atoms with Crippen LogP contribution in [0.3, 0.4) is 0 Å². The number of carbonyl (C=O) groups is 4. The van der Waals surface area contributed by atoms with Gasteiger partial charge >= 0.3 is 14.1 Å². The Morgan fingerprint density at radius 3 is 2.32 bits per heavy atom. The van der Waals surface area contributed by atoms with E-state index in [-0.39, 0.29) is 18.2 Å². The summed E-state index contributed by atoms with van der Waals surface area (Å²) in [6.45, 7) is 1.62. The second-order valence-corrected chi connectivity index (χ2v) is 10.2. The van der Waals surface area contributed by atoms with Crippen molar-refractivity contribution in [2.75, 3.05) is 13.1 Å². The number of hydrogen-bond donors (Lipinski definition) is 2. The van der Waals surface area contributed by atoms with Crippen LogP contribution in [0.1, 0.15) is 52.5 Å². The molecule has 0 spiro atoms. The molecule has 11 heteroatoms. The maximum Gasteiger partial charge on any atom is 0.614 e. The molecule has 0 saturated carbocycles. The number of nitrogens with zero attached hydrogens (tertiary/aromatic N) is 2. The largest absolute Gasteiger partial charge is 0.614 e. The molecule has 3 amide bonds. The average Bonchev–Trinajstić information content (AvgIpc) is 3.11. The summed E-state index contributed by atoms with van der Waals surface area (Å²) in [5.74, 6) is -2.28. The normalized spacial score (nSPS) is 19.5. The van der Waals surface area contributed by atoms with Gasteiger partial charge in [-0.3, -0.25) is 24.1 Å². The summed E-state index contributed by atoms with van der Waals surface area (Å²) in [6.07, 6.45) is 0.999. The Hall–Kier alpha value is -3.46. The Balaban J connectivity index is 1.43. The molecule has 10 nitrogen and oxygen atoms in total. The van der Waals surface area contributed by atoms with E-state index < -0.39 is 44.8 Å².